The third-order valence-corrected chi connectivity index (χ3v) is 6.99. The van der Waals surface area contributed by atoms with Crippen LogP contribution in [0.25, 0.3) is 0 Å². The van der Waals surface area contributed by atoms with Crippen LogP contribution in [-0.2, 0) is 39.7 Å². The molecule has 0 aliphatic heterocycles. The molecule has 0 bridgehead atoms. The second-order valence-corrected chi connectivity index (χ2v) is 10.1. The van der Waals surface area contributed by atoms with Crippen molar-refractivity contribution in [2.75, 3.05) is 11.8 Å². The number of methoxy groups -OCH3 is 1. The Kier molecular flexibility index (Phi) is 10.7. The molecule has 0 fully saturated rings. The Hall–Kier alpha value is -3.65. The maximum Gasteiger partial charge on any atom is 0.407 e. The zero-order valence-electron chi connectivity index (χ0n) is 20.7. The smallest absolute Gasteiger partial charge is 0.407 e. The number of ether oxygens (including phenoxy) is 1. The maximum absolute atomic E-state index is 13.4. The van der Waals surface area contributed by atoms with Gasteiger partial charge in [0.15, 0.2) is 0 Å². The highest BCUT2D eigenvalue weighted by Gasteiger charge is 2.29. The fourth-order valence-electron chi connectivity index (χ4n) is 3.66. The van der Waals surface area contributed by atoms with Crippen LogP contribution in [0, 0.1) is 0 Å². The first-order valence-corrected chi connectivity index (χ1v) is 13.8. The van der Waals surface area contributed by atoms with Crippen LogP contribution in [0.4, 0.5) is 23.7 Å². The average molecular weight is 585 g/mol. The Morgan fingerprint density at radius 1 is 1.00 bits per heavy atom. The van der Waals surface area contributed by atoms with Crippen molar-refractivity contribution in [3.8, 4) is 0 Å². The van der Waals surface area contributed by atoms with Crippen molar-refractivity contribution < 1.29 is 35.9 Å². The molecule has 14 heteroatoms. The number of carbonyl (C=O) groups is 2. The average Bonchev–Trinajstić information content (AvgIpc) is 3.37. The van der Waals surface area contributed by atoms with Gasteiger partial charge in [0.2, 0.25) is 16.8 Å². The van der Waals surface area contributed by atoms with Gasteiger partial charge in [-0.25, -0.2) is 18.2 Å². The fraction of sp³-hybridized carbons (Fsp3) is 0.320. The number of hydrogen-bond acceptors (Lipinski definition) is 7. The number of anilines is 1. The Morgan fingerprint density at radius 3 is 2.28 bits per heavy atom. The van der Waals surface area contributed by atoms with Gasteiger partial charge in [0, 0.05) is 23.9 Å². The number of benzene rings is 2. The number of aryl methyl sites for hydroxylation is 1. The predicted molar refractivity (Wildman–Crippen MR) is 141 cm³/mol. The van der Waals surface area contributed by atoms with Crippen LogP contribution in [0.3, 0.4) is 0 Å². The van der Waals surface area contributed by atoms with Crippen molar-refractivity contribution in [2.45, 2.75) is 43.9 Å². The van der Waals surface area contributed by atoms with Crippen molar-refractivity contribution in [3.63, 3.8) is 0 Å². The number of alkyl carbamates (subject to hydrolysis) is 1. The van der Waals surface area contributed by atoms with Crippen LogP contribution in [0.15, 0.2) is 60.0 Å². The molecule has 0 spiro atoms. The Balaban J connectivity index is 1.84. The number of aromatic nitrogens is 1. The van der Waals surface area contributed by atoms with E-state index < -0.39 is 47.6 Å². The first-order chi connectivity index (χ1) is 18.5. The van der Waals surface area contributed by atoms with E-state index in [1.165, 1.54) is 12.5 Å². The molecule has 0 unspecified atom stereocenters. The number of amides is 2. The minimum Gasteiger partial charge on any atom is -0.453 e. The second-order valence-electron chi connectivity index (χ2n) is 8.50. The van der Waals surface area contributed by atoms with Crippen LogP contribution < -0.4 is 15.4 Å². The summed E-state index contributed by atoms with van der Waals surface area (Å²) in [6.07, 6.45) is -6.08. The molecule has 1 aromatic heterocycles. The lowest BCUT2D eigenvalue weighted by molar-refractivity contribution is -0.134. The van der Waals surface area contributed by atoms with Crippen LogP contribution in [-0.4, -0.2) is 44.7 Å². The number of nitrogens with zero attached hydrogens (tertiary/aromatic N) is 1. The molecule has 9 nitrogen and oxygen atoms in total. The zero-order valence-corrected chi connectivity index (χ0v) is 22.4. The third-order valence-electron chi connectivity index (χ3n) is 5.54. The van der Waals surface area contributed by atoms with Crippen LogP contribution >= 0.6 is 11.3 Å². The van der Waals surface area contributed by atoms with E-state index in [1.54, 1.807) is 48.5 Å². The minimum absolute atomic E-state index is 0.164. The summed E-state index contributed by atoms with van der Waals surface area (Å²) < 4.78 is 66.9. The van der Waals surface area contributed by atoms with Crippen molar-refractivity contribution in [1.29, 1.82) is 0 Å². The summed E-state index contributed by atoms with van der Waals surface area (Å²) in [7, 11) is -1.66. The van der Waals surface area contributed by atoms with Crippen molar-refractivity contribution >= 4 is 39.9 Å². The van der Waals surface area contributed by atoms with Gasteiger partial charge < -0.3 is 15.4 Å². The number of thiol groups is 1. The number of carbonyl (C=O) groups excluding carboxylic acids is 2. The highest BCUT2D eigenvalue weighted by molar-refractivity contribution is 7.73. The van der Waals surface area contributed by atoms with Gasteiger partial charge in [0.1, 0.15) is 11.0 Å². The van der Waals surface area contributed by atoms with Gasteiger partial charge in [0.05, 0.1) is 18.8 Å². The van der Waals surface area contributed by atoms with E-state index in [0.29, 0.717) is 16.3 Å². The number of nitrogens with one attached hydrogen (secondary N) is 3. The molecule has 1 heterocycles. The third kappa shape index (κ3) is 10.2. The highest BCUT2D eigenvalue weighted by Crippen LogP contribution is 2.27. The summed E-state index contributed by atoms with van der Waals surface area (Å²) in [5, 5.41) is 7.30. The van der Waals surface area contributed by atoms with E-state index in [4.69, 9.17) is 0 Å². The Morgan fingerprint density at radius 2 is 1.67 bits per heavy atom. The lowest BCUT2D eigenvalue weighted by atomic mass is 10.0. The van der Waals surface area contributed by atoms with Gasteiger partial charge >= 0.3 is 12.3 Å². The molecule has 39 heavy (non-hydrogen) atoms. The number of rotatable bonds is 12. The van der Waals surface area contributed by atoms with E-state index in [2.05, 4.69) is 25.1 Å². The standard InChI is InChI=1S/C25H27F3N4O5S2/c1-37-24(34)31-20(13-16-5-3-2-4-6-16)22(33)30-21(14-17-7-9-18(10-8-17)32-39(35)36)23-29-19(15-38-23)11-12-25(26,27)28/h2-10,15,20-21,39H,11-14H2,1H3,(H,30,33)(H,31,34)(H,32,35,36)/t20-,21-/m0/s1. The highest BCUT2D eigenvalue weighted by atomic mass is 32.2. The van der Waals surface area contributed by atoms with Crippen molar-refractivity contribution in [3.05, 3.63) is 81.8 Å². The number of hydrogen-bond donors (Lipinski definition) is 4. The maximum atomic E-state index is 13.4. The summed E-state index contributed by atoms with van der Waals surface area (Å²) in [6.45, 7) is 0. The lowest BCUT2D eigenvalue weighted by Crippen LogP contribution is -2.49. The SMILES string of the molecule is COC(=O)N[C@@H](Cc1ccccc1)C(=O)N[C@@H](Cc1ccc(N[SH](=O)=O)cc1)c1nc(CCC(F)(F)F)cs1. The summed E-state index contributed by atoms with van der Waals surface area (Å²) in [6, 6.07) is 13.7. The second kappa shape index (κ2) is 13.9. The number of thiazole rings is 1. The van der Waals surface area contributed by atoms with Gasteiger partial charge in [-0.05, 0) is 36.1 Å². The summed E-state index contributed by atoms with van der Waals surface area (Å²) in [5.74, 6) is -0.539. The number of alkyl halides is 3. The Labute approximate surface area is 228 Å². The molecule has 2 amide bonds. The quantitative estimate of drug-likeness (QED) is 0.239. The minimum atomic E-state index is -4.33. The summed E-state index contributed by atoms with van der Waals surface area (Å²) in [4.78, 5) is 29.7. The molecule has 0 radical (unpaired) electrons. The molecule has 0 aliphatic rings. The first kappa shape index (κ1) is 29.9. The van der Waals surface area contributed by atoms with Gasteiger partial charge in [-0.3, -0.25) is 9.52 Å². The Bertz CT molecular complexity index is 1310. The first-order valence-electron chi connectivity index (χ1n) is 11.7. The van der Waals surface area contributed by atoms with Gasteiger partial charge in [-0.2, -0.15) is 13.2 Å². The molecule has 2 atom stereocenters. The predicted octanol–water partition coefficient (Wildman–Crippen LogP) is 3.94. The zero-order chi connectivity index (χ0) is 28.4. The molecule has 2 aromatic carbocycles. The molecule has 3 aromatic rings. The van der Waals surface area contributed by atoms with Gasteiger partial charge in [-0.1, -0.05) is 42.5 Å². The molecule has 3 rings (SSSR count). The molecular weight excluding hydrogens is 557 g/mol. The van der Waals surface area contributed by atoms with E-state index in [9.17, 15) is 31.2 Å². The van der Waals surface area contributed by atoms with Gasteiger partial charge in [-0.15, -0.1) is 11.3 Å². The number of halogens is 3. The summed E-state index contributed by atoms with van der Waals surface area (Å²) in [5.41, 5.74) is 2.09. The van der Waals surface area contributed by atoms with E-state index in [0.717, 1.165) is 16.9 Å². The monoisotopic (exact) mass is 584 g/mol. The normalized spacial score (nSPS) is 12.9. The van der Waals surface area contributed by atoms with E-state index >= 15 is 0 Å². The van der Waals surface area contributed by atoms with Crippen LogP contribution in [0.2, 0.25) is 0 Å². The molecule has 3 N–H and O–H groups in total. The van der Waals surface area contributed by atoms with Crippen molar-refractivity contribution in [1.82, 2.24) is 15.6 Å². The van der Waals surface area contributed by atoms with E-state index in [-0.39, 0.29) is 25.0 Å². The largest absolute Gasteiger partial charge is 0.453 e. The van der Waals surface area contributed by atoms with E-state index in [1.807, 2.05) is 6.07 Å². The van der Waals surface area contributed by atoms with Crippen LogP contribution in [0.5, 0.6) is 0 Å². The topological polar surface area (TPSA) is 126 Å². The molecule has 0 aliphatic carbocycles. The fourth-order valence-corrected chi connectivity index (χ4v) is 4.92. The molecule has 210 valence electrons. The lowest BCUT2D eigenvalue weighted by Gasteiger charge is -2.22. The van der Waals surface area contributed by atoms with Gasteiger partial charge in [0.25, 0.3) is 0 Å². The van der Waals surface area contributed by atoms with Crippen LogP contribution in [0.1, 0.15) is 34.3 Å². The molecular formula is C25H27F3N4O5S2. The van der Waals surface area contributed by atoms with Crippen molar-refractivity contribution in [2.24, 2.45) is 0 Å². The molecule has 0 saturated heterocycles. The summed E-state index contributed by atoms with van der Waals surface area (Å²) >= 11 is 1.12. The molecule has 0 saturated carbocycles.